The van der Waals surface area contributed by atoms with E-state index in [1.165, 1.54) is 12.8 Å². The number of carbonyl (C=O) groups is 1. The van der Waals surface area contributed by atoms with Crippen LogP contribution < -0.4 is 15.4 Å². The Morgan fingerprint density at radius 1 is 1.24 bits per heavy atom. The fourth-order valence-corrected chi connectivity index (χ4v) is 3.24. The van der Waals surface area contributed by atoms with Gasteiger partial charge in [0, 0.05) is 25.8 Å². The van der Waals surface area contributed by atoms with Gasteiger partial charge in [0.1, 0.15) is 5.75 Å². The van der Waals surface area contributed by atoms with Crippen molar-refractivity contribution >= 4 is 6.03 Å². The summed E-state index contributed by atoms with van der Waals surface area (Å²) < 4.78 is 10.5. The minimum absolute atomic E-state index is 0.108. The Kier molecular flexibility index (Phi) is 8.01. The van der Waals surface area contributed by atoms with Crippen LogP contribution in [0.1, 0.15) is 31.4 Å². The van der Waals surface area contributed by atoms with Gasteiger partial charge in [0.15, 0.2) is 0 Å². The number of hydrogen-bond acceptors (Lipinski definition) is 4. The maximum Gasteiger partial charge on any atom is 0.314 e. The van der Waals surface area contributed by atoms with E-state index < -0.39 is 0 Å². The van der Waals surface area contributed by atoms with E-state index in [1.807, 2.05) is 18.2 Å². The number of amides is 2. The standard InChI is InChI=1S/C19H31N3O3/c1-15-8-11-22(12-9-15)17(14-21-19(23)20-10-13-24-2)16-6-4-5-7-18(16)25-3/h4-7,15,17H,8-14H2,1-3H3,(H2,20,21,23). The van der Waals surface area contributed by atoms with Gasteiger partial charge in [0.05, 0.1) is 19.8 Å². The van der Waals surface area contributed by atoms with Crippen LogP contribution in [0.25, 0.3) is 0 Å². The number of hydrogen-bond donors (Lipinski definition) is 2. The van der Waals surface area contributed by atoms with E-state index in [0.717, 1.165) is 30.3 Å². The van der Waals surface area contributed by atoms with E-state index >= 15 is 0 Å². The first kappa shape index (κ1) is 19.5. The number of nitrogens with zero attached hydrogens (tertiary/aromatic N) is 1. The van der Waals surface area contributed by atoms with E-state index in [9.17, 15) is 4.79 Å². The van der Waals surface area contributed by atoms with Crippen LogP contribution in [-0.2, 0) is 4.74 Å². The lowest BCUT2D eigenvalue weighted by Gasteiger charge is -2.37. The van der Waals surface area contributed by atoms with Crippen molar-refractivity contribution in [3.05, 3.63) is 29.8 Å². The SMILES string of the molecule is COCCNC(=O)NCC(c1ccccc1OC)N1CCC(C)CC1. The number of rotatable bonds is 8. The minimum Gasteiger partial charge on any atom is -0.496 e. The molecule has 0 saturated carbocycles. The fourth-order valence-electron chi connectivity index (χ4n) is 3.24. The van der Waals surface area contributed by atoms with E-state index in [1.54, 1.807) is 14.2 Å². The topological polar surface area (TPSA) is 62.8 Å². The summed E-state index contributed by atoms with van der Waals surface area (Å²) in [5.74, 6) is 1.63. The van der Waals surface area contributed by atoms with Crippen molar-refractivity contribution in [2.45, 2.75) is 25.8 Å². The van der Waals surface area contributed by atoms with Crippen LogP contribution in [0, 0.1) is 5.92 Å². The third-order valence-electron chi connectivity index (χ3n) is 4.80. The maximum atomic E-state index is 12.0. The molecule has 2 rings (SSSR count). The smallest absolute Gasteiger partial charge is 0.314 e. The van der Waals surface area contributed by atoms with Crippen LogP contribution in [0.2, 0.25) is 0 Å². The highest BCUT2D eigenvalue weighted by atomic mass is 16.5. The number of piperidine rings is 1. The number of nitrogens with one attached hydrogen (secondary N) is 2. The lowest BCUT2D eigenvalue weighted by molar-refractivity contribution is 0.134. The molecule has 1 aliphatic rings. The predicted molar refractivity (Wildman–Crippen MR) is 99.0 cm³/mol. The molecule has 1 heterocycles. The zero-order chi connectivity index (χ0) is 18.1. The molecule has 1 saturated heterocycles. The molecule has 0 spiro atoms. The summed E-state index contributed by atoms with van der Waals surface area (Å²) in [6.07, 6.45) is 2.37. The molecule has 1 aromatic carbocycles. The summed E-state index contributed by atoms with van der Waals surface area (Å²) >= 11 is 0. The van der Waals surface area contributed by atoms with E-state index in [-0.39, 0.29) is 12.1 Å². The number of benzene rings is 1. The highest BCUT2D eigenvalue weighted by Gasteiger charge is 2.27. The Hall–Kier alpha value is -1.79. The lowest BCUT2D eigenvalue weighted by atomic mass is 9.95. The molecule has 6 heteroatoms. The summed E-state index contributed by atoms with van der Waals surface area (Å²) in [4.78, 5) is 14.5. The largest absolute Gasteiger partial charge is 0.496 e. The average Bonchev–Trinajstić information content (AvgIpc) is 2.64. The third kappa shape index (κ3) is 5.90. The lowest BCUT2D eigenvalue weighted by Crippen LogP contribution is -2.45. The van der Waals surface area contributed by atoms with Crippen LogP contribution in [-0.4, -0.2) is 57.9 Å². The Labute approximate surface area is 150 Å². The minimum atomic E-state index is -0.165. The van der Waals surface area contributed by atoms with Gasteiger partial charge in [-0.1, -0.05) is 25.1 Å². The van der Waals surface area contributed by atoms with Crippen LogP contribution in [0.3, 0.4) is 0 Å². The van der Waals surface area contributed by atoms with Crippen molar-refractivity contribution in [2.75, 3.05) is 47.0 Å². The highest BCUT2D eigenvalue weighted by Crippen LogP contribution is 2.31. The van der Waals surface area contributed by atoms with Crippen molar-refractivity contribution < 1.29 is 14.3 Å². The molecule has 25 heavy (non-hydrogen) atoms. The van der Waals surface area contributed by atoms with Gasteiger partial charge in [-0.3, -0.25) is 4.90 Å². The maximum absolute atomic E-state index is 12.0. The van der Waals surface area contributed by atoms with Gasteiger partial charge in [-0.15, -0.1) is 0 Å². The molecular weight excluding hydrogens is 318 g/mol. The van der Waals surface area contributed by atoms with Crippen molar-refractivity contribution in [3.8, 4) is 5.75 Å². The van der Waals surface area contributed by atoms with Crippen molar-refractivity contribution in [2.24, 2.45) is 5.92 Å². The number of likely N-dealkylation sites (tertiary alicyclic amines) is 1. The molecule has 0 aliphatic carbocycles. The Bertz CT molecular complexity index is 530. The molecule has 1 aliphatic heterocycles. The molecule has 1 unspecified atom stereocenters. The first-order chi connectivity index (χ1) is 12.2. The second-order valence-corrected chi connectivity index (χ2v) is 6.61. The molecule has 140 valence electrons. The van der Waals surface area contributed by atoms with E-state index in [4.69, 9.17) is 9.47 Å². The van der Waals surface area contributed by atoms with Gasteiger partial charge in [0.2, 0.25) is 0 Å². The van der Waals surface area contributed by atoms with Crippen molar-refractivity contribution in [3.63, 3.8) is 0 Å². The number of methoxy groups -OCH3 is 2. The fraction of sp³-hybridized carbons (Fsp3) is 0.632. The quantitative estimate of drug-likeness (QED) is 0.708. The summed E-state index contributed by atoms with van der Waals surface area (Å²) in [5.41, 5.74) is 1.12. The molecule has 1 atom stereocenters. The molecule has 0 bridgehead atoms. The molecule has 1 fully saturated rings. The summed E-state index contributed by atoms with van der Waals surface area (Å²) in [6, 6.07) is 8.01. The monoisotopic (exact) mass is 349 g/mol. The van der Waals surface area contributed by atoms with Gasteiger partial charge < -0.3 is 20.1 Å². The molecule has 1 aromatic rings. The molecule has 2 N–H and O–H groups in total. The Morgan fingerprint density at radius 3 is 2.64 bits per heavy atom. The van der Waals surface area contributed by atoms with Gasteiger partial charge in [-0.2, -0.15) is 0 Å². The molecule has 0 aromatic heterocycles. The number of urea groups is 1. The normalized spacial score (nSPS) is 17.1. The summed E-state index contributed by atoms with van der Waals surface area (Å²) in [5, 5.41) is 5.80. The van der Waals surface area contributed by atoms with Gasteiger partial charge in [-0.05, 0) is 37.9 Å². The van der Waals surface area contributed by atoms with Crippen LogP contribution in [0.15, 0.2) is 24.3 Å². The second kappa shape index (κ2) is 10.3. The third-order valence-corrected chi connectivity index (χ3v) is 4.80. The molecular formula is C19H31N3O3. The van der Waals surface area contributed by atoms with Gasteiger partial charge in [0.25, 0.3) is 0 Å². The van der Waals surface area contributed by atoms with Crippen molar-refractivity contribution in [1.29, 1.82) is 0 Å². The molecule has 2 amide bonds. The number of para-hydroxylation sites is 1. The van der Waals surface area contributed by atoms with E-state index in [0.29, 0.717) is 19.7 Å². The predicted octanol–water partition coefficient (Wildman–Crippen LogP) is 2.41. The Balaban J connectivity index is 2.05. The summed E-state index contributed by atoms with van der Waals surface area (Å²) in [6.45, 7) is 5.94. The van der Waals surface area contributed by atoms with Crippen LogP contribution in [0.5, 0.6) is 5.75 Å². The number of carbonyl (C=O) groups excluding carboxylic acids is 1. The Morgan fingerprint density at radius 2 is 1.96 bits per heavy atom. The molecule has 6 nitrogen and oxygen atoms in total. The highest BCUT2D eigenvalue weighted by molar-refractivity contribution is 5.73. The summed E-state index contributed by atoms with van der Waals surface area (Å²) in [7, 11) is 3.31. The van der Waals surface area contributed by atoms with Gasteiger partial charge >= 0.3 is 6.03 Å². The zero-order valence-corrected chi connectivity index (χ0v) is 15.6. The first-order valence-electron chi connectivity index (χ1n) is 9.03. The second-order valence-electron chi connectivity index (χ2n) is 6.61. The average molecular weight is 349 g/mol. The van der Waals surface area contributed by atoms with Crippen LogP contribution in [0.4, 0.5) is 4.79 Å². The van der Waals surface area contributed by atoms with Crippen molar-refractivity contribution in [1.82, 2.24) is 15.5 Å². The molecule has 0 radical (unpaired) electrons. The van der Waals surface area contributed by atoms with Gasteiger partial charge in [-0.25, -0.2) is 4.79 Å². The first-order valence-corrected chi connectivity index (χ1v) is 9.03. The van der Waals surface area contributed by atoms with Crippen LogP contribution >= 0.6 is 0 Å². The zero-order valence-electron chi connectivity index (χ0n) is 15.6. The number of ether oxygens (including phenoxy) is 2. The van der Waals surface area contributed by atoms with E-state index in [2.05, 4.69) is 28.5 Å².